The predicted molar refractivity (Wildman–Crippen MR) is 296 cm³/mol. The van der Waals surface area contributed by atoms with Gasteiger partial charge in [0, 0.05) is 23.3 Å². The fourth-order valence-electron chi connectivity index (χ4n) is 13.0. The van der Waals surface area contributed by atoms with E-state index in [2.05, 4.69) is 29.1 Å². The first-order valence-electron chi connectivity index (χ1n) is 26.0. The fourth-order valence-corrected chi connectivity index (χ4v) is 13.0. The van der Waals surface area contributed by atoms with Gasteiger partial charge in [0.25, 0.3) is 11.4 Å². The zero-order valence-corrected chi connectivity index (χ0v) is 45.3. The van der Waals surface area contributed by atoms with Gasteiger partial charge in [-0.2, -0.15) is 50.0 Å². The van der Waals surface area contributed by atoms with Crippen LogP contribution in [0, 0.1) is 135 Å². The number of nitrogens with zero attached hydrogens (tertiary/aromatic N) is 10. The van der Waals surface area contributed by atoms with Gasteiger partial charge < -0.3 is 4.85 Å². The Hall–Kier alpha value is -11.3. The van der Waals surface area contributed by atoms with Crippen molar-refractivity contribution in [2.75, 3.05) is 0 Å². The molecule has 0 aromatic heterocycles. The van der Waals surface area contributed by atoms with Gasteiger partial charge in [0.05, 0.1) is 85.2 Å². The molecule has 8 unspecified atom stereocenters. The van der Waals surface area contributed by atoms with Crippen LogP contribution >= 0.6 is 0 Å². The summed E-state index contributed by atoms with van der Waals surface area (Å²) in [5.41, 5.74) is -1.14. The minimum absolute atomic E-state index is 0.0194. The van der Waals surface area contributed by atoms with Crippen LogP contribution < -0.4 is 0 Å². The first-order chi connectivity index (χ1) is 41.2. The Labute approximate surface area is 491 Å². The van der Waals surface area contributed by atoms with Crippen LogP contribution in [-0.2, 0) is 28.1 Å². The number of ketones is 2. The first kappa shape index (κ1) is 60.3. The maximum absolute atomic E-state index is 13.8. The molecule has 12 nitrogen and oxygen atoms in total. The molecule has 21 heteroatoms. The molecule has 0 spiro atoms. The van der Waals surface area contributed by atoms with Crippen molar-refractivity contribution in [2.45, 2.75) is 70.0 Å². The fraction of sp³-hybridized carbons (Fsp3) is 0.242. The number of fused-ring (bicyclic) bond motifs is 4. The normalized spacial score (nSPS) is 22.7. The van der Waals surface area contributed by atoms with Crippen LogP contribution in [0.15, 0.2) is 96.3 Å². The van der Waals surface area contributed by atoms with E-state index in [9.17, 15) is 70.2 Å². The van der Waals surface area contributed by atoms with Crippen molar-refractivity contribution in [1.29, 1.82) is 21.0 Å². The van der Waals surface area contributed by atoms with Gasteiger partial charge >= 0.3 is 18.5 Å². The van der Waals surface area contributed by atoms with Crippen LogP contribution in [0.2, 0.25) is 0 Å². The number of benzene rings is 5. The molecule has 3 saturated carbocycles. The van der Waals surface area contributed by atoms with Gasteiger partial charge in [-0.25, -0.2) is 41.3 Å². The molecule has 0 aliphatic heterocycles. The van der Waals surface area contributed by atoms with E-state index in [1.807, 2.05) is 18.2 Å². The Balaban J connectivity index is 0.000000209. The van der Waals surface area contributed by atoms with Gasteiger partial charge in [-0.1, -0.05) is 48.5 Å². The van der Waals surface area contributed by atoms with Gasteiger partial charge in [-0.3, -0.25) is 9.59 Å². The molecule has 5 aliphatic rings. The molecule has 0 heterocycles. The van der Waals surface area contributed by atoms with E-state index < -0.39 is 99.7 Å². The number of nitriles is 4. The van der Waals surface area contributed by atoms with E-state index in [0.717, 1.165) is 12.1 Å². The summed E-state index contributed by atoms with van der Waals surface area (Å²) in [4.78, 5) is 48.4. The van der Waals surface area contributed by atoms with Gasteiger partial charge in [-0.05, 0) is 154 Å². The lowest BCUT2D eigenvalue weighted by molar-refractivity contribution is -0.143. The Morgan fingerprint density at radius 1 is 0.529 bits per heavy atom. The summed E-state index contributed by atoms with van der Waals surface area (Å²) in [6.45, 7) is 50.9. The third kappa shape index (κ3) is 10.2. The first-order valence-corrected chi connectivity index (χ1v) is 26.0. The van der Waals surface area contributed by atoms with Crippen LogP contribution in [0.1, 0.15) is 103 Å². The average molecular weight is 1170 g/mol. The van der Waals surface area contributed by atoms with Crippen molar-refractivity contribution >= 4 is 56.5 Å². The molecule has 10 rings (SSSR count). The number of halogens is 9. The number of aryl methyl sites for hydroxylation is 3. The van der Waals surface area contributed by atoms with Crippen LogP contribution in [0.3, 0.4) is 0 Å². The number of rotatable bonds is 4. The lowest BCUT2D eigenvalue weighted by Gasteiger charge is -2.33. The van der Waals surface area contributed by atoms with Crippen molar-refractivity contribution in [2.24, 2.45) is 29.6 Å². The number of hydrogen-bond donors (Lipinski definition) is 0. The highest BCUT2D eigenvalue weighted by Gasteiger charge is 2.63. The highest BCUT2D eigenvalue weighted by molar-refractivity contribution is 6.29. The van der Waals surface area contributed by atoms with E-state index in [1.54, 1.807) is 56.3 Å². The van der Waals surface area contributed by atoms with Crippen molar-refractivity contribution in [3.05, 3.63) is 243 Å². The Morgan fingerprint density at radius 2 is 1.06 bits per heavy atom. The van der Waals surface area contributed by atoms with Crippen LogP contribution in [0.5, 0.6) is 0 Å². The third-order valence-electron chi connectivity index (χ3n) is 16.6. The highest BCUT2D eigenvalue weighted by atomic mass is 19.4. The quantitative estimate of drug-likeness (QED) is 0.0991. The molecule has 0 saturated heterocycles. The second-order valence-electron chi connectivity index (χ2n) is 21.3. The van der Waals surface area contributed by atoms with Crippen LogP contribution in [0.4, 0.5) is 50.9 Å². The molecule has 0 N–H and O–H groups in total. The van der Waals surface area contributed by atoms with Crippen molar-refractivity contribution in [3.63, 3.8) is 0 Å². The third-order valence-corrected chi connectivity index (χ3v) is 16.6. The summed E-state index contributed by atoms with van der Waals surface area (Å²) < 4.78 is 123. The molecule has 3 fully saturated rings. The Bertz CT molecular complexity index is 4460. The van der Waals surface area contributed by atoms with Crippen molar-refractivity contribution in [1.82, 2.24) is 0 Å². The molecule has 8 atom stereocenters. The molecular formula is C66H35F9N10O2. The standard InChI is InChI=1S/C36H14F3N7.C30H21F6N3O2/c1-18-9-21(12-22(10-18)36(37,38)39)31-27(15-40)23-13-26-25(14-24(23)33(31)29(16-41)44-4)34(30(17-42)45-5)32(35(26)46-6)20-7-8-28(43-3)19(2)11-20;1-13-6-14(4-5-23(13)38-2)25-26(39-3)19-10-18-20(11-21(19)28(25)41)27(40)24(22(18)12-37)15-7-16(29(31,32)33)9-17(8-15)30(34,35)36/h7-14H,1-2H3;4-9,18-22,24-26H,10-11H2,1H3/b33-29+,34-30-;. The molecule has 0 amide bonds. The molecule has 424 valence electrons. The summed E-state index contributed by atoms with van der Waals surface area (Å²) in [5.74, 6) is -7.30. The topological polar surface area (TPSA) is 155 Å². The summed E-state index contributed by atoms with van der Waals surface area (Å²) in [6.07, 6.45) is -14.9. The number of Topliss-reactive ketones (excluding diaryl/α,β-unsaturated/α-hetero) is 2. The minimum Gasteiger partial charge on any atom is -0.312 e. The molecular weight excluding hydrogens is 1140 g/mol. The lowest BCUT2D eigenvalue weighted by atomic mass is 9.68. The number of allylic oxidation sites excluding steroid dienone is 7. The largest absolute Gasteiger partial charge is 0.416 e. The number of carbonyl (C=O) groups is 2. The van der Waals surface area contributed by atoms with E-state index in [-0.39, 0.29) is 97.3 Å². The van der Waals surface area contributed by atoms with Crippen molar-refractivity contribution < 1.29 is 49.1 Å². The maximum atomic E-state index is 13.8. The van der Waals surface area contributed by atoms with Gasteiger partial charge in [0.2, 0.25) is 11.7 Å². The van der Waals surface area contributed by atoms with E-state index in [0.29, 0.717) is 45.8 Å². The maximum Gasteiger partial charge on any atom is 0.416 e. The number of hydrogen-bond acceptors (Lipinski definition) is 6. The average Bonchev–Trinajstić information content (AvgIpc) is 1.58. The minimum atomic E-state index is -5.11. The molecule has 0 bridgehead atoms. The lowest BCUT2D eigenvalue weighted by Crippen LogP contribution is -2.35. The van der Waals surface area contributed by atoms with Crippen molar-refractivity contribution in [3.8, 4) is 24.3 Å². The SMILES string of the molecule is [C-]#[N+]C1=C(c2ccc([N+]#[C-])c(C)c2)/C(=C(/C#N)[N+]#[C-])c2cc3c(cc21)C(C#N)=C(c1cc(C)cc(C(F)(F)F)c1)/C3=C(\C#N)[N+]#[C-].[C-]#[N+]c1ccc(C2C(=O)C3CC4C(=O)C(c5cc(C(F)(F)F)cc(C(F)(F)F)c5)C(C#N)C4CC3C2[N+]#[C-])cc1C. The predicted octanol–water partition coefficient (Wildman–Crippen LogP) is 16.7. The smallest absolute Gasteiger partial charge is 0.312 e. The van der Waals surface area contributed by atoms with E-state index >= 15 is 0 Å². The second kappa shape index (κ2) is 22.3. The number of alkyl halides is 9. The summed E-state index contributed by atoms with van der Waals surface area (Å²) >= 11 is 0. The van der Waals surface area contributed by atoms with E-state index in [1.165, 1.54) is 25.1 Å². The summed E-state index contributed by atoms with van der Waals surface area (Å²) in [7, 11) is 0. The Morgan fingerprint density at radius 3 is 1.56 bits per heavy atom. The van der Waals surface area contributed by atoms with Gasteiger partial charge in [-0.15, -0.1) is 0 Å². The highest BCUT2D eigenvalue weighted by Crippen LogP contribution is 2.60. The zero-order valence-electron chi connectivity index (χ0n) is 45.3. The summed E-state index contributed by atoms with van der Waals surface area (Å²) in [5, 5.41) is 40.4. The molecule has 5 aliphatic carbocycles. The monoisotopic (exact) mass is 1170 g/mol. The molecule has 5 aromatic rings. The number of carbonyl (C=O) groups excluding carboxylic acids is 2. The summed E-state index contributed by atoms with van der Waals surface area (Å²) in [6, 6.07) is 23.8. The molecule has 0 radical (unpaired) electrons. The van der Waals surface area contributed by atoms with Gasteiger partial charge in [0.1, 0.15) is 17.8 Å². The second-order valence-corrected chi connectivity index (χ2v) is 21.3. The molecule has 87 heavy (non-hydrogen) atoms. The molecule has 5 aromatic carbocycles. The van der Waals surface area contributed by atoms with Gasteiger partial charge in [0.15, 0.2) is 17.2 Å². The van der Waals surface area contributed by atoms with E-state index in [4.69, 9.17) is 39.4 Å². The zero-order chi connectivity index (χ0) is 63.5. The van der Waals surface area contributed by atoms with Crippen LogP contribution in [0.25, 0.3) is 62.6 Å². The Kier molecular flexibility index (Phi) is 15.5. The van der Waals surface area contributed by atoms with Crippen LogP contribution in [-0.4, -0.2) is 17.6 Å².